The summed E-state index contributed by atoms with van der Waals surface area (Å²) in [5.74, 6) is -0.139. The molecular weight excluding hydrogens is 384 g/mol. The van der Waals surface area contributed by atoms with Crippen LogP contribution in [0.2, 0.25) is 0 Å². The molecule has 0 aliphatic heterocycles. The molecule has 2 aromatic carbocycles. The van der Waals surface area contributed by atoms with Gasteiger partial charge in [0.2, 0.25) is 4.80 Å². The van der Waals surface area contributed by atoms with Crippen molar-refractivity contribution in [2.45, 2.75) is 31.2 Å². The van der Waals surface area contributed by atoms with Crippen LogP contribution in [0.5, 0.6) is 0 Å². The van der Waals surface area contributed by atoms with Gasteiger partial charge in [-0.25, -0.2) is 0 Å². The number of sulfonamides is 1. The number of benzene rings is 2. The van der Waals surface area contributed by atoms with E-state index in [1.165, 1.54) is 30.6 Å². The van der Waals surface area contributed by atoms with Crippen LogP contribution in [0.1, 0.15) is 25.3 Å². The second-order valence-corrected chi connectivity index (χ2v) is 8.92. The molecule has 0 saturated heterocycles. The number of rotatable bonds is 5. The normalized spacial score (nSPS) is 12.7. The van der Waals surface area contributed by atoms with Crippen molar-refractivity contribution in [3.05, 3.63) is 58.9 Å². The molecule has 3 aromatic rings. The third kappa shape index (κ3) is 4.12. The lowest BCUT2D eigenvalue weighted by atomic mass is 10.0. The van der Waals surface area contributed by atoms with Gasteiger partial charge in [0.25, 0.3) is 10.0 Å². The molecule has 0 radical (unpaired) electrons. The number of carbonyl (C=O) groups excluding carboxylic acids is 1. The first-order valence-electron chi connectivity index (χ1n) is 8.38. The van der Waals surface area contributed by atoms with E-state index in [4.69, 9.17) is 4.74 Å². The second-order valence-electron chi connectivity index (χ2n) is 6.31. The number of hydrogen-bond donors (Lipinski definition) is 0. The number of carbonyl (C=O) groups is 1. The molecular formula is C19H20N2O4S2. The zero-order chi connectivity index (χ0) is 19.6. The Kier molecular flexibility index (Phi) is 5.48. The molecule has 0 atom stereocenters. The largest absolute Gasteiger partial charge is 0.468 e. The minimum Gasteiger partial charge on any atom is -0.468 e. The van der Waals surface area contributed by atoms with Gasteiger partial charge in [0.15, 0.2) is 0 Å². The Bertz CT molecular complexity index is 1140. The van der Waals surface area contributed by atoms with Gasteiger partial charge in [0, 0.05) is 0 Å². The highest BCUT2D eigenvalue weighted by molar-refractivity contribution is 7.90. The second kappa shape index (κ2) is 7.66. The van der Waals surface area contributed by atoms with Crippen molar-refractivity contribution in [3.63, 3.8) is 0 Å². The van der Waals surface area contributed by atoms with E-state index in [0.717, 1.165) is 15.8 Å². The van der Waals surface area contributed by atoms with E-state index in [9.17, 15) is 13.2 Å². The van der Waals surface area contributed by atoms with E-state index >= 15 is 0 Å². The van der Waals surface area contributed by atoms with E-state index in [2.05, 4.69) is 18.2 Å². The minimum atomic E-state index is -3.89. The monoisotopic (exact) mass is 404 g/mol. The van der Waals surface area contributed by atoms with E-state index in [1.807, 2.05) is 18.2 Å². The smallest absolute Gasteiger partial charge is 0.325 e. The Morgan fingerprint density at radius 3 is 2.52 bits per heavy atom. The van der Waals surface area contributed by atoms with Crippen LogP contribution in [0, 0.1) is 0 Å². The first-order chi connectivity index (χ1) is 12.8. The molecule has 142 valence electrons. The van der Waals surface area contributed by atoms with E-state index < -0.39 is 16.0 Å². The zero-order valence-electron chi connectivity index (χ0n) is 15.2. The molecule has 8 heteroatoms. The fraction of sp³-hybridized carbons (Fsp3) is 0.263. The number of methoxy groups -OCH3 is 1. The molecule has 0 aliphatic carbocycles. The van der Waals surface area contributed by atoms with Gasteiger partial charge in [-0.15, -0.1) is 4.40 Å². The third-order valence-electron chi connectivity index (χ3n) is 4.13. The Balaban J connectivity index is 2.24. The van der Waals surface area contributed by atoms with Crippen molar-refractivity contribution in [3.8, 4) is 0 Å². The number of esters is 1. The molecule has 3 rings (SSSR count). The maximum atomic E-state index is 12.7. The number of hydrogen-bond acceptors (Lipinski definition) is 5. The Labute approximate surface area is 161 Å². The van der Waals surface area contributed by atoms with Crippen molar-refractivity contribution in [2.24, 2.45) is 4.40 Å². The molecule has 27 heavy (non-hydrogen) atoms. The lowest BCUT2D eigenvalue weighted by Crippen LogP contribution is -2.22. The van der Waals surface area contributed by atoms with Crippen molar-refractivity contribution >= 4 is 37.5 Å². The van der Waals surface area contributed by atoms with Crippen LogP contribution in [0.3, 0.4) is 0 Å². The van der Waals surface area contributed by atoms with Crippen LogP contribution in [-0.4, -0.2) is 26.1 Å². The maximum absolute atomic E-state index is 12.7. The lowest BCUT2D eigenvalue weighted by molar-refractivity contribution is -0.141. The zero-order valence-corrected chi connectivity index (χ0v) is 16.9. The Hall–Kier alpha value is -2.45. The van der Waals surface area contributed by atoms with Gasteiger partial charge in [-0.3, -0.25) is 4.79 Å². The van der Waals surface area contributed by atoms with Crippen molar-refractivity contribution in [2.75, 3.05) is 7.11 Å². The quantitative estimate of drug-likeness (QED) is 0.612. The molecule has 0 N–H and O–H groups in total. The van der Waals surface area contributed by atoms with Gasteiger partial charge in [-0.2, -0.15) is 8.42 Å². The van der Waals surface area contributed by atoms with Crippen LogP contribution < -0.4 is 4.80 Å². The summed E-state index contributed by atoms with van der Waals surface area (Å²) in [6.45, 7) is 4.06. The molecule has 0 unspecified atom stereocenters. The first-order valence-corrected chi connectivity index (χ1v) is 10.6. The molecule has 0 spiro atoms. The van der Waals surface area contributed by atoms with Crippen LogP contribution in [0.15, 0.2) is 57.8 Å². The SMILES string of the molecule is COC(=O)Cn1c(=NS(=O)(=O)c2ccccc2)sc2cc(C(C)C)ccc21. The maximum Gasteiger partial charge on any atom is 0.325 e. The van der Waals surface area contributed by atoms with Crippen LogP contribution >= 0.6 is 11.3 Å². The summed E-state index contributed by atoms with van der Waals surface area (Å²) in [5, 5.41) is 0. The Morgan fingerprint density at radius 1 is 1.19 bits per heavy atom. The number of ether oxygens (including phenoxy) is 1. The first kappa shape index (κ1) is 19.3. The van der Waals surface area contributed by atoms with E-state index in [-0.39, 0.29) is 16.2 Å². The predicted molar refractivity (Wildman–Crippen MR) is 105 cm³/mol. The molecule has 0 amide bonds. The molecule has 1 heterocycles. The predicted octanol–water partition coefficient (Wildman–Crippen LogP) is 3.29. The summed E-state index contributed by atoms with van der Waals surface area (Å²) in [5.41, 5.74) is 1.88. The van der Waals surface area contributed by atoms with Crippen LogP contribution in [-0.2, 0) is 26.1 Å². The summed E-state index contributed by atoms with van der Waals surface area (Å²) in [4.78, 5) is 12.2. The van der Waals surface area contributed by atoms with Gasteiger partial charge in [0.05, 0.1) is 22.2 Å². The van der Waals surface area contributed by atoms with Gasteiger partial charge in [-0.1, -0.05) is 49.4 Å². The summed E-state index contributed by atoms with van der Waals surface area (Å²) < 4.78 is 36.6. The van der Waals surface area contributed by atoms with Gasteiger partial charge < -0.3 is 9.30 Å². The average molecular weight is 405 g/mol. The molecule has 0 saturated carbocycles. The van der Waals surface area contributed by atoms with Crippen molar-refractivity contribution in [1.82, 2.24) is 4.57 Å². The van der Waals surface area contributed by atoms with Crippen molar-refractivity contribution < 1.29 is 17.9 Å². The number of fused-ring (bicyclic) bond motifs is 1. The molecule has 1 aromatic heterocycles. The third-order valence-corrected chi connectivity index (χ3v) is 6.57. The van der Waals surface area contributed by atoms with E-state index in [1.54, 1.807) is 22.8 Å². The van der Waals surface area contributed by atoms with Crippen molar-refractivity contribution in [1.29, 1.82) is 0 Å². The number of nitrogens with zero attached hydrogens (tertiary/aromatic N) is 2. The summed E-state index contributed by atoms with van der Waals surface area (Å²) in [7, 11) is -2.59. The Morgan fingerprint density at radius 2 is 1.89 bits per heavy atom. The fourth-order valence-corrected chi connectivity index (χ4v) is 4.92. The van der Waals surface area contributed by atoms with E-state index in [0.29, 0.717) is 5.92 Å². The highest BCUT2D eigenvalue weighted by atomic mass is 32.2. The molecule has 0 fully saturated rings. The van der Waals surface area contributed by atoms with Crippen LogP contribution in [0.4, 0.5) is 0 Å². The highest BCUT2D eigenvalue weighted by Gasteiger charge is 2.16. The molecule has 6 nitrogen and oxygen atoms in total. The highest BCUT2D eigenvalue weighted by Crippen LogP contribution is 2.24. The molecule has 0 aliphatic rings. The number of aromatic nitrogens is 1. The summed E-state index contributed by atoms with van der Waals surface area (Å²) in [6, 6.07) is 13.9. The topological polar surface area (TPSA) is 77.7 Å². The van der Waals surface area contributed by atoms with Gasteiger partial charge >= 0.3 is 5.97 Å². The molecule has 0 bridgehead atoms. The van der Waals surface area contributed by atoms with Gasteiger partial charge in [-0.05, 0) is 35.7 Å². The standard InChI is InChI=1S/C19H20N2O4S2/c1-13(2)14-9-10-16-17(11-14)26-19(21(16)12-18(22)25-3)20-27(23,24)15-7-5-4-6-8-15/h4-11,13H,12H2,1-3H3. The summed E-state index contributed by atoms with van der Waals surface area (Å²) >= 11 is 1.24. The van der Waals surface area contributed by atoms with Crippen LogP contribution in [0.25, 0.3) is 10.2 Å². The number of thiazole rings is 1. The average Bonchev–Trinajstić information content (AvgIpc) is 2.98. The fourth-order valence-electron chi connectivity index (χ4n) is 2.61. The van der Waals surface area contributed by atoms with Gasteiger partial charge in [0.1, 0.15) is 6.54 Å². The lowest BCUT2D eigenvalue weighted by Gasteiger charge is -2.06. The minimum absolute atomic E-state index is 0.106. The summed E-state index contributed by atoms with van der Waals surface area (Å²) in [6.07, 6.45) is 0.